The molecule has 0 saturated heterocycles. The maximum atomic E-state index is 10.8. The van der Waals surface area contributed by atoms with Crippen molar-refractivity contribution >= 4 is 33.4 Å². The SMILES string of the molecule is C=Cc1c(OC)cc(OC)cc1OC.COc1ccc(C=S(=O)=O)cc1NC(C)C(=O)O. The molecule has 174 valence electrons. The number of anilines is 1. The molecule has 1 unspecified atom stereocenters. The zero-order valence-corrected chi connectivity index (χ0v) is 19.4. The molecule has 1 atom stereocenters. The molecule has 0 radical (unpaired) electrons. The number of carboxylic acid groups (broad SMARTS) is 1. The molecule has 0 fully saturated rings. The first-order valence-electron chi connectivity index (χ1n) is 9.23. The summed E-state index contributed by atoms with van der Waals surface area (Å²) >= 11 is 0. The van der Waals surface area contributed by atoms with Crippen LogP contribution in [-0.4, -0.2) is 59.3 Å². The minimum Gasteiger partial charge on any atom is -0.496 e. The average Bonchev–Trinajstić information content (AvgIpc) is 2.78. The van der Waals surface area contributed by atoms with Gasteiger partial charge in [-0.3, -0.25) is 4.79 Å². The van der Waals surface area contributed by atoms with Crippen LogP contribution in [-0.2, 0) is 15.1 Å². The van der Waals surface area contributed by atoms with E-state index in [9.17, 15) is 13.2 Å². The van der Waals surface area contributed by atoms with E-state index >= 15 is 0 Å². The largest absolute Gasteiger partial charge is 0.496 e. The van der Waals surface area contributed by atoms with Crippen LogP contribution in [0, 0.1) is 0 Å². The first-order valence-corrected chi connectivity index (χ1v) is 10.4. The Hall–Kier alpha value is -3.66. The molecule has 2 aromatic rings. The Labute approximate surface area is 188 Å². The summed E-state index contributed by atoms with van der Waals surface area (Å²) in [7, 11) is 3.93. The monoisotopic (exact) mass is 465 g/mol. The fourth-order valence-electron chi connectivity index (χ4n) is 2.55. The van der Waals surface area contributed by atoms with Gasteiger partial charge in [0.25, 0.3) is 0 Å². The van der Waals surface area contributed by atoms with Gasteiger partial charge >= 0.3 is 5.97 Å². The van der Waals surface area contributed by atoms with E-state index in [1.807, 2.05) is 0 Å². The lowest BCUT2D eigenvalue weighted by Gasteiger charge is -2.14. The van der Waals surface area contributed by atoms with Crippen LogP contribution in [0.15, 0.2) is 36.9 Å². The van der Waals surface area contributed by atoms with Crippen LogP contribution >= 0.6 is 0 Å². The predicted molar refractivity (Wildman–Crippen MR) is 124 cm³/mol. The number of rotatable bonds is 9. The highest BCUT2D eigenvalue weighted by Crippen LogP contribution is 2.34. The predicted octanol–water partition coefficient (Wildman–Crippen LogP) is 2.97. The molecule has 0 saturated carbocycles. The number of methoxy groups -OCH3 is 4. The zero-order chi connectivity index (χ0) is 24.3. The number of hydrogen-bond acceptors (Lipinski definition) is 8. The highest BCUT2D eigenvalue weighted by Gasteiger charge is 2.13. The molecule has 0 aliphatic rings. The fourth-order valence-corrected chi connectivity index (χ4v) is 2.92. The van der Waals surface area contributed by atoms with E-state index in [-0.39, 0.29) is 0 Å². The summed E-state index contributed by atoms with van der Waals surface area (Å²) in [5, 5.41) is 12.6. The first kappa shape index (κ1) is 26.4. The number of aliphatic carboxylic acids is 1. The minimum absolute atomic E-state index is 0.423. The van der Waals surface area contributed by atoms with Gasteiger partial charge in [0.05, 0.1) is 45.1 Å². The second-order valence-corrected chi connectivity index (χ2v) is 6.95. The van der Waals surface area contributed by atoms with Crippen molar-refractivity contribution in [3.63, 3.8) is 0 Å². The Kier molecular flexibility index (Phi) is 10.6. The van der Waals surface area contributed by atoms with Crippen molar-refractivity contribution in [2.45, 2.75) is 13.0 Å². The van der Waals surface area contributed by atoms with Crippen molar-refractivity contribution in [2.75, 3.05) is 33.8 Å². The summed E-state index contributed by atoms with van der Waals surface area (Å²) in [6.45, 7) is 5.18. The van der Waals surface area contributed by atoms with Crippen LogP contribution in [0.3, 0.4) is 0 Å². The van der Waals surface area contributed by atoms with Gasteiger partial charge in [-0.2, -0.15) is 8.42 Å². The maximum absolute atomic E-state index is 10.8. The van der Waals surface area contributed by atoms with E-state index in [2.05, 4.69) is 11.9 Å². The second-order valence-electron chi connectivity index (χ2n) is 6.19. The molecule has 0 aliphatic heterocycles. The Morgan fingerprint density at radius 2 is 1.56 bits per heavy atom. The third-order valence-corrected chi connectivity index (χ3v) is 4.62. The highest BCUT2D eigenvalue weighted by molar-refractivity contribution is 7.71. The number of carboxylic acids is 1. The summed E-state index contributed by atoms with van der Waals surface area (Å²) in [6.07, 6.45) is 1.69. The molecule has 2 rings (SSSR count). The Morgan fingerprint density at radius 3 is 1.97 bits per heavy atom. The fraction of sp³-hybridized carbons (Fsp3) is 0.273. The Bertz CT molecular complexity index is 1050. The zero-order valence-electron chi connectivity index (χ0n) is 18.5. The van der Waals surface area contributed by atoms with Gasteiger partial charge < -0.3 is 29.4 Å². The molecule has 0 aromatic heterocycles. The second kappa shape index (κ2) is 12.9. The molecular weight excluding hydrogens is 438 g/mol. The van der Waals surface area contributed by atoms with Gasteiger partial charge in [-0.05, 0) is 24.6 Å². The van der Waals surface area contributed by atoms with Crippen molar-refractivity contribution in [1.29, 1.82) is 0 Å². The maximum Gasteiger partial charge on any atom is 0.325 e. The smallest absolute Gasteiger partial charge is 0.325 e. The van der Waals surface area contributed by atoms with Crippen molar-refractivity contribution < 1.29 is 37.3 Å². The summed E-state index contributed by atoms with van der Waals surface area (Å²) in [4.78, 5) is 10.8. The third kappa shape index (κ3) is 7.55. The normalized spacial score (nSPS) is 10.5. The quantitative estimate of drug-likeness (QED) is 0.539. The topological polar surface area (TPSA) is 120 Å². The van der Waals surface area contributed by atoms with E-state index in [1.54, 1.807) is 51.7 Å². The Morgan fingerprint density at radius 1 is 1.00 bits per heavy atom. The first-order chi connectivity index (χ1) is 15.2. The van der Waals surface area contributed by atoms with Gasteiger partial charge in [0.2, 0.25) is 10.3 Å². The molecule has 0 amide bonds. The molecular formula is C22H27NO8S. The van der Waals surface area contributed by atoms with Gasteiger partial charge in [-0.15, -0.1) is 0 Å². The van der Waals surface area contributed by atoms with Crippen molar-refractivity contribution in [3.05, 3.63) is 48.0 Å². The van der Waals surface area contributed by atoms with Crippen LogP contribution in [0.2, 0.25) is 0 Å². The van der Waals surface area contributed by atoms with E-state index < -0.39 is 22.3 Å². The summed E-state index contributed by atoms with van der Waals surface area (Å²) in [5.41, 5.74) is 1.69. The highest BCUT2D eigenvalue weighted by atomic mass is 32.2. The lowest BCUT2D eigenvalue weighted by Crippen LogP contribution is -2.25. The van der Waals surface area contributed by atoms with Gasteiger partial charge in [0, 0.05) is 12.1 Å². The Balaban J connectivity index is 0.000000330. The lowest BCUT2D eigenvalue weighted by atomic mass is 10.1. The van der Waals surface area contributed by atoms with Gasteiger partial charge in [0.15, 0.2) is 0 Å². The minimum atomic E-state index is -2.31. The van der Waals surface area contributed by atoms with E-state index in [0.717, 1.165) is 10.9 Å². The number of nitrogens with one attached hydrogen (secondary N) is 1. The standard InChI is InChI=1S/C11H13NO5S.C11H14O3/c1-7(11(13)14)12-9-5-8(6-18(15)16)3-4-10(9)17-2;1-5-9-10(13-3)6-8(12-2)7-11(9)14-4/h3-7,12H,1-2H3,(H,13,14);5-7H,1H2,2-4H3. The molecule has 9 nitrogen and oxygen atoms in total. The molecule has 0 spiro atoms. The summed E-state index contributed by atoms with van der Waals surface area (Å²) in [6, 6.07) is 7.40. The number of benzene rings is 2. The van der Waals surface area contributed by atoms with E-state index in [1.165, 1.54) is 20.1 Å². The lowest BCUT2D eigenvalue weighted by molar-refractivity contribution is -0.137. The average molecular weight is 466 g/mol. The molecule has 10 heteroatoms. The van der Waals surface area contributed by atoms with Crippen LogP contribution in [0.1, 0.15) is 18.1 Å². The molecule has 32 heavy (non-hydrogen) atoms. The van der Waals surface area contributed by atoms with Gasteiger partial charge in [-0.25, -0.2) is 0 Å². The summed E-state index contributed by atoms with van der Waals surface area (Å²) in [5.74, 6) is 1.51. The molecule has 2 aromatic carbocycles. The van der Waals surface area contributed by atoms with Crippen LogP contribution < -0.4 is 24.3 Å². The van der Waals surface area contributed by atoms with Gasteiger partial charge in [0.1, 0.15) is 29.0 Å². The van der Waals surface area contributed by atoms with E-state index in [0.29, 0.717) is 34.2 Å². The molecule has 0 heterocycles. The third-order valence-electron chi connectivity index (χ3n) is 4.16. The van der Waals surface area contributed by atoms with Crippen LogP contribution in [0.4, 0.5) is 5.69 Å². The number of hydrogen-bond donors (Lipinski definition) is 2. The van der Waals surface area contributed by atoms with Crippen LogP contribution in [0.5, 0.6) is 23.0 Å². The van der Waals surface area contributed by atoms with Crippen molar-refractivity contribution in [2.24, 2.45) is 0 Å². The number of carbonyl (C=O) groups is 1. The van der Waals surface area contributed by atoms with E-state index in [4.69, 9.17) is 24.1 Å². The molecule has 0 aliphatic carbocycles. The summed E-state index contributed by atoms with van der Waals surface area (Å²) < 4.78 is 41.7. The van der Waals surface area contributed by atoms with Crippen molar-refractivity contribution in [1.82, 2.24) is 0 Å². The number of ether oxygens (including phenoxy) is 4. The van der Waals surface area contributed by atoms with Crippen molar-refractivity contribution in [3.8, 4) is 23.0 Å². The molecule has 0 bridgehead atoms. The molecule has 2 N–H and O–H groups in total. The van der Waals surface area contributed by atoms with Crippen LogP contribution in [0.25, 0.3) is 6.08 Å². The van der Waals surface area contributed by atoms with Gasteiger partial charge in [-0.1, -0.05) is 18.7 Å².